The van der Waals surface area contributed by atoms with E-state index in [1.807, 2.05) is 12.1 Å². The molecule has 0 amide bonds. The lowest BCUT2D eigenvalue weighted by molar-refractivity contribution is -0.519. The first-order valence-corrected chi connectivity index (χ1v) is 14.2. The van der Waals surface area contributed by atoms with Crippen LogP contribution in [0.2, 0.25) is 0 Å². The third-order valence-corrected chi connectivity index (χ3v) is 7.94. The van der Waals surface area contributed by atoms with E-state index in [9.17, 15) is 13.5 Å². The molecule has 0 fully saturated rings. The minimum absolute atomic E-state index is 0.0386. The molecule has 2 N–H and O–H groups in total. The number of nitrogens with zero attached hydrogens (tertiary/aromatic N) is 2. The van der Waals surface area contributed by atoms with Crippen molar-refractivity contribution in [3.8, 4) is 0 Å². The Morgan fingerprint density at radius 3 is 2.06 bits per heavy atom. The Labute approximate surface area is 216 Å². The average Bonchev–Trinajstić information content (AvgIpc) is 2.91. The van der Waals surface area contributed by atoms with Gasteiger partial charge in [-0.3, -0.25) is 0 Å². The molecule has 0 aliphatic heterocycles. The summed E-state index contributed by atoms with van der Waals surface area (Å²) in [7, 11) is -3.82. The first kappa shape index (κ1) is 27.6. The van der Waals surface area contributed by atoms with Gasteiger partial charge in [-0.2, -0.15) is 0 Å². The van der Waals surface area contributed by atoms with Crippen LogP contribution in [0.15, 0.2) is 83.3 Å². The van der Waals surface area contributed by atoms with E-state index >= 15 is 0 Å². The monoisotopic (exact) mass is 508 g/mol. The number of sulfonamides is 1. The third kappa shape index (κ3) is 6.22. The summed E-state index contributed by atoms with van der Waals surface area (Å²) < 4.78 is 31.1. The van der Waals surface area contributed by atoms with Gasteiger partial charge in [0.15, 0.2) is 5.71 Å². The Balaban J connectivity index is 2.23. The van der Waals surface area contributed by atoms with Crippen molar-refractivity contribution in [3.05, 3.63) is 89.5 Å². The molecule has 0 radical (unpaired) electrons. The van der Waals surface area contributed by atoms with Gasteiger partial charge in [-0.15, -0.1) is 0 Å². The molecular weight excluding hydrogens is 470 g/mol. The first-order chi connectivity index (χ1) is 17.4. The molecule has 2 aromatic rings. The summed E-state index contributed by atoms with van der Waals surface area (Å²) in [6.45, 7) is 11.9. The fourth-order valence-corrected chi connectivity index (χ4v) is 5.73. The van der Waals surface area contributed by atoms with Crippen molar-refractivity contribution in [2.24, 2.45) is 0 Å². The van der Waals surface area contributed by atoms with E-state index in [4.69, 9.17) is 0 Å². The topological polar surface area (TPSA) is 72.7 Å². The maximum absolute atomic E-state index is 13.2. The SMILES string of the molecule is CCN(CC)c1ccc(C(=C2C=CC(=[N+](CC)CC)C=C2)c2ccccc2S(=O)(=O)NCCO)cc1. The second kappa shape index (κ2) is 12.8. The summed E-state index contributed by atoms with van der Waals surface area (Å²) >= 11 is 0. The summed E-state index contributed by atoms with van der Waals surface area (Å²) in [6.07, 6.45) is 8.30. The summed E-state index contributed by atoms with van der Waals surface area (Å²) in [5.41, 5.74) is 5.60. The van der Waals surface area contributed by atoms with Gasteiger partial charge in [-0.05, 0) is 74.8 Å². The van der Waals surface area contributed by atoms with Crippen molar-refractivity contribution in [3.63, 3.8) is 0 Å². The van der Waals surface area contributed by atoms with Gasteiger partial charge in [0.2, 0.25) is 10.0 Å². The molecule has 6 nitrogen and oxygen atoms in total. The Morgan fingerprint density at radius 2 is 1.50 bits per heavy atom. The number of aliphatic hydroxyl groups excluding tert-OH is 1. The Bertz CT molecular complexity index is 1250. The zero-order valence-electron chi connectivity index (χ0n) is 21.7. The number of rotatable bonds is 11. The molecular formula is C29H38N3O3S+. The fraction of sp³-hybridized carbons (Fsp3) is 0.345. The second-order valence-electron chi connectivity index (χ2n) is 8.43. The maximum Gasteiger partial charge on any atom is 0.241 e. The smallest absolute Gasteiger partial charge is 0.241 e. The largest absolute Gasteiger partial charge is 0.395 e. The zero-order chi connectivity index (χ0) is 26.1. The Morgan fingerprint density at radius 1 is 0.889 bits per heavy atom. The molecule has 192 valence electrons. The Kier molecular flexibility index (Phi) is 9.81. The van der Waals surface area contributed by atoms with E-state index in [1.54, 1.807) is 12.1 Å². The van der Waals surface area contributed by atoms with E-state index in [2.05, 4.69) is 90.5 Å². The lowest BCUT2D eigenvalue weighted by atomic mass is 9.90. The predicted octanol–water partition coefficient (Wildman–Crippen LogP) is 4.22. The highest BCUT2D eigenvalue weighted by atomic mass is 32.2. The molecule has 3 rings (SSSR count). The number of hydrogen-bond acceptors (Lipinski definition) is 4. The molecule has 0 unspecified atom stereocenters. The highest BCUT2D eigenvalue weighted by Gasteiger charge is 2.23. The normalized spacial score (nSPS) is 13.2. The third-order valence-electron chi connectivity index (χ3n) is 6.42. The number of anilines is 1. The standard InChI is InChI=1S/C29H38N3O3S/c1-5-31(6-2)25-17-13-23(14-18-25)29(24-15-19-26(20-16-24)32(7-3)8-4)27-11-9-10-12-28(27)36(34,35)30-21-22-33/h9-20,30,33H,5-8,21-22H2,1-4H3/q+1. The van der Waals surface area contributed by atoms with Crippen LogP contribution in [0.4, 0.5) is 5.69 Å². The van der Waals surface area contributed by atoms with E-state index in [1.165, 1.54) is 0 Å². The van der Waals surface area contributed by atoms with Gasteiger partial charge in [-0.25, -0.2) is 17.7 Å². The lowest BCUT2D eigenvalue weighted by Gasteiger charge is -2.22. The molecule has 0 aromatic heterocycles. The number of nitrogens with one attached hydrogen (secondary N) is 1. The lowest BCUT2D eigenvalue weighted by Crippen LogP contribution is -2.27. The van der Waals surface area contributed by atoms with E-state index < -0.39 is 10.0 Å². The fourth-order valence-electron chi connectivity index (χ4n) is 4.50. The van der Waals surface area contributed by atoms with E-state index in [-0.39, 0.29) is 18.0 Å². The van der Waals surface area contributed by atoms with Crippen LogP contribution in [0.5, 0.6) is 0 Å². The predicted molar refractivity (Wildman–Crippen MR) is 149 cm³/mol. The van der Waals surface area contributed by atoms with Gasteiger partial charge in [0.05, 0.1) is 11.5 Å². The van der Waals surface area contributed by atoms with Crippen LogP contribution in [0.1, 0.15) is 38.8 Å². The van der Waals surface area contributed by atoms with Crippen LogP contribution in [0.3, 0.4) is 0 Å². The van der Waals surface area contributed by atoms with Gasteiger partial charge in [0.1, 0.15) is 13.1 Å². The number of aliphatic hydroxyl groups is 1. The van der Waals surface area contributed by atoms with Crippen LogP contribution >= 0.6 is 0 Å². The highest BCUT2D eigenvalue weighted by Crippen LogP contribution is 2.34. The summed E-state index contributed by atoms with van der Waals surface area (Å²) in [5, 5.41) is 9.19. The number of allylic oxidation sites excluding steroid dienone is 5. The van der Waals surface area contributed by atoms with Gasteiger partial charge >= 0.3 is 0 Å². The maximum atomic E-state index is 13.2. The van der Waals surface area contributed by atoms with Gasteiger partial charge in [0, 0.05) is 43.0 Å². The van der Waals surface area contributed by atoms with Crippen LogP contribution in [0.25, 0.3) is 5.57 Å². The van der Waals surface area contributed by atoms with Crippen LogP contribution in [-0.4, -0.2) is 63.1 Å². The molecule has 1 aliphatic rings. The number of hydrogen-bond donors (Lipinski definition) is 2. The van der Waals surface area contributed by atoms with Gasteiger partial charge in [-0.1, -0.05) is 30.3 Å². The molecule has 1 aliphatic carbocycles. The summed E-state index contributed by atoms with van der Waals surface area (Å²) in [5.74, 6) is 0. The molecule has 0 bridgehead atoms. The molecule has 36 heavy (non-hydrogen) atoms. The van der Waals surface area contributed by atoms with E-state index in [0.717, 1.165) is 54.3 Å². The molecule has 0 saturated heterocycles. The Hall–Kier alpha value is -3.00. The zero-order valence-corrected chi connectivity index (χ0v) is 22.6. The molecule has 0 heterocycles. The summed E-state index contributed by atoms with van der Waals surface area (Å²) in [6, 6.07) is 15.3. The van der Waals surface area contributed by atoms with Crippen LogP contribution in [0, 0.1) is 0 Å². The van der Waals surface area contributed by atoms with Crippen LogP contribution in [-0.2, 0) is 10.0 Å². The number of benzene rings is 2. The molecule has 0 spiro atoms. The van der Waals surface area contributed by atoms with E-state index in [0.29, 0.717) is 5.56 Å². The first-order valence-electron chi connectivity index (χ1n) is 12.7. The summed E-state index contributed by atoms with van der Waals surface area (Å²) in [4.78, 5) is 2.47. The van der Waals surface area contributed by atoms with Crippen molar-refractivity contribution in [2.45, 2.75) is 32.6 Å². The van der Waals surface area contributed by atoms with Crippen LogP contribution < -0.4 is 9.62 Å². The molecule has 7 heteroatoms. The van der Waals surface area contributed by atoms with Crippen molar-refractivity contribution in [2.75, 3.05) is 44.2 Å². The van der Waals surface area contributed by atoms with Gasteiger partial charge < -0.3 is 10.0 Å². The highest BCUT2D eigenvalue weighted by molar-refractivity contribution is 7.89. The quantitative estimate of drug-likeness (QED) is 0.446. The minimum atomic E-state index is -3.82. The minimum Gasteiger partial charge on any atom is -0.395 e. The van der Waals surface area contributed by atoms with Crippen molar-refractivity contribution in [1.29, 1.82) is 0 Å². The van der Waals surface area contributed by atoms with Crippen molar-refractivity contribution >= 4 is 27.0 Å². The van der Waals surface area contributed by atoms with Crippen molar-refractivity contribution in [1.82, 2.24) is 4.72 Å². The molecule has 0 saturated carbocycles. The van der Waals surface area contributed by atoms with Crippen molar-refractivity contribution < 1.29 is 18.1 Å². The average molecular weight is 509 g/mol. The molecule has 2 aromatic carbocycles. The van der Waals surface area contributed by atoms with Gasteiger partial charge in [0.25, 0.3) is 0 Å². The molecule has 0 atom stereocenters. The second-order valence-corrected chi connectivity index (χ2v) is 10.2.